The van der Waals surface area contributed by atoms with E-state index in [1.165, 1.54) is 121 Å². The molecule has 2 aliphatic carbocycles. The molecule has 0 atom stereocenters. The Balaban J connectivity index is 1.04. The van der Waals surface area contributed by atoms with E-state index in [0.29, 0.717) is 5.92 Å². The molecule has 13 aromatic rings. The van der Waals surface area contributed by atoms with Gasteiger partial charge in [-0.3, -0.25) is 0 Å². The molecule has 0 aliphatic heterocycles. The third kappa shape index (κ3) is 8.51. The molecule has 412 valence electrons. The Hall–Kier alpha value is -9.50. The first-order valence-corrected chi connectivity index (χ1v) is 30.4. The molecule has 0 spiro atoms. The van der Waals surface area contributed by atoms with Gasteiger partial charge in [-0.15, -0.1) is 0 Å². The van der Waals surface area contributed by atoms with E-state index in [1.54, 1.807) is 0 Å². The lowest BCUT2D eigenvalue weighted by molar-refractivity contribution is 0.590. The molecule has 0 radical (unpaired) electrons. The first-order chi connectivity index (χ1) is 41.1. The normalized spacial score (nSPS) is 13.8. The maximum absolute atomic E-state index is 2.54. The molecule has 0 amide bonds. The van der Waals surface area contributed by atoms with Gasteiger partial charge in [0.2, 0.25) is 0 Å². The van der Waals surface area contributed by atoms with Crippen molar-refractivity contribution in [2.45, 2.75) is 84.5 Å². The molecule has 85 heavy (non-hydrogen) atoms. The molecule has 0 bridgehead atoms. The Kier molecular flexibility index (Phi) is 12.0. The summed E-state index contributed by atoms with van der Waals surface area (Å²) in [4.78, 5) is 4.88. The molecule has 13 aromatic carbocycles. The quantitative estimate of drug-likeness (QED) is 0.133. The van der Waals surface area contributed by atoms with E-state index < -0.39 is 0 Å². The van der Waals surface area contributed by atoms with E-state index in [9.17, 15) is 0 Å². The van der Waals surface area contributed by atoms with Crippen LogP contribution in [0.3, 0.4) is 0 Å². The van der Waals surface area contributed by atoms with Crippen molar-refractivity contribution in [1.29, 1.82) is 0 Å². The highest BCUT2D eigenvalue weighted by Gasteiger charge is 2.38. The summed E-state index contributed by atoms with van der Waals surface area (Å²) in [6, 6.07) is 96.9. The molecule has 0 aromatic heterocycles. The summed E-state index contributed by atoms with van der Waals surface area (Å²) in [5.74, 6) is 0.416. The van der Waals surface area contributed by atoms with Crippen molar-refractivity contribution in [3.05, 3.63) is 288 Å². The summed E-state index contributed by atoms with van der Waals surface area (Å²) in [6.07, 6.45) is 0. The Morgan fingerprint density at radius 1 is 0.306 bits per heavy atom. The molecule has 0 fully saturated rings. The van der Waals surface area contributed by atoms with Gasteiger partial charge < -0.3 is 9.80 Å². The van der Waals surface area contributed by atoms with Gasteiger partial charge in [-0.05, 0) is 242 Å². The van der Waals surface area contributed by atoms with Gasteiger partial charge in [0.05, 0.1) is 0 Å². The van der Waals surface area contributed by atoms with Crippen LogP contribution in [-0.2, 0) is 16.2 Å². The predicted molar refractivity (Wildman–Crippen MR) is 365 cm³/mol. The van der Waals surface area contributed by atoms with Crippen LogP contribution in [0.2, 0.25) is 0 Å². The summed E-state index contributed by atoms with van der Waals surface area (Å²) in [5.41, 5.74) is 24.5. The van der Waals surface area contributed by atoms with E-state index in [0.717, 1.165) is 34.1 Å². The zero-order chi connectivity index (χ0) is 58.1. The molecular formula is C83H70N2. The average Bonchev–Trinajstić information content (AvgIpc) is 1.78. The second-order valence-electron chi connectivity index (χ2n) is 26.4. The molecule has 0 heterocycles. The Bertz CT molecular complexity index is 4770. The van der Waals surface area contributed by atoms with Crippen molar-refractivity contribution in [2.24, 2.45) is 0 Å². The molecule has 2 heteroatoms. The van der Waals surface area contributed by atoms with Crippen LogP contribution in [0.15, 0.2) is 255 Å². The van der Waals surface area contributed by atoms with E-state index in [2.05, 4.69) is 327 Å². The second kappa shape index (κ2) is 19.5. The van der Waals surface area contributed by atoms with Gasteiger partial charge in [0.15, 0.2) is 0 Å². The molecular weight excluding hydrogens is 1020 g/mol. The summed E-state index contributed by atoms with van der Waals surface area (Å²) < 4.78 is 0. The highest BCUT2D eigenvalue weighted by atomic mass is 15.1. The molecule has 15 rings (SSSR count). The Morgan fingerprint density at radius 2 is 0.659 bits per heavy atom. The largest absolute Gasteiger partial charge is 0.310 e. The van der Waals surface area contributed by atoms with E-state index in [-0.39, 0.29) is 16.2 Å². The third-order valence-electron chi connectivity index (χ3n) is 19.1. The van der Waals surface area contributed by atoms with E-state index >= 15 is 0 Å². The lowest BCUT2D eigenvalue weighted by Crippen LogP contribution is -2.15. The number of fused-ring (bicyclic) bond motifs is 10. The van der Waals surface area contributed by atoms with Crippen LogP contribution >= 0.6 is 0 Å². The monoisotopic (exact) mass is 1090 g/mol. The fraction of sp³-hybridized carbons (Fsp3) is 0.157. The van der Waals surface area contributed by atoms with Crippen LogP contribution in [0, 0.1) is 0 Å². The minimum absolute atomic E-state index is 0.0135. The molecule has 0 unspecified atom stereocenters. The van der Waals surface area contributed by atoms with Gasteiger partial charge >= 0.3 is 0 Å². The summed E-state index contributed by atoms with van der Waals surface area (Å²) in [6.45, 7) is 21.1. The van der Waals surface area contributed by atoms with Gasteiger partial charge in [0.1, 0.15) is 0 Å². The summed E-state index contributed by atoms with van der Waals surface area (Å²) >= 11 is 0. The molecule has 0 saturated carbocycles. The number of nitrogens with zero attached hydrogens (tertiary/aromatic N) is 2. The fourth-order valence-electron chi connectivity index (χ4n) is 14.4. The lowest BCUT2D eigenvalue weighted by Gasteiger charge is -2.29. The Morgan fingerprint density at radius 3 is 1.06 bits per heavy atom. The first kappa shape index (κ1) is 52.3. The number of rotatable bonds is 9. The molecule has 0 N–H and O–H groups in total. The van der Waals surface area contributed by atoms with Crippen LogP contribution in [0.5, 0.6) is 0 Å². The minimum atomic E-state index is -0.237. The van der Waals surface area contributed by atoms with E-state index in [4.69, 9.17) is 0 Å². The summed E-state index contributed by atoms with van der Waals surface area (Å²) in [5, 5.41) is 9.93. The SMILES string of the molecule is CC(C)c1ccc(N(c2ccc(C(C)(C)C)cc2)c2ccc3c(-c4ccc5c(c4)C(C)(C)c4cc6ccccc6cc4-5)c4cc(N(c5ccccc5)c5ccccc5)ccc4c(-c4ccc5c(c4)C(C)(C)c4cc6ccccc6cc4-5)c3c2)cc1. The van der Waals surface area contributed by atoms with Crippen molar-refractivity contribution in [2.75, 3.05) is 9.80 Å². The van der Waals surface area contributed by atoms with Crippen LogP contribution in [0.1, 0.15) is 102 Å². The third-order valence-corrected chi connectivity index (χ3v) is 19.1. The van der Waals surface area contributed by atoms with Crippen molar-refractivity contribution in [3.8, 4) is 44.5 Å². The topological polar surface area (TPSA) is 6.48 Å². The van der Waals surface area contributed by atoms with Crippen molar-refractivity contribution in [3.63, 3.8) is 0 Å². The fourth-order valence-corrected chi connectivity index (χ4v) is 14.4. The highest BCUT2D eigenvalue weighted by Crippen LogP contribution is 2.56. The van der Waals surface area contributed by atoms with Crippen molar-refractivity contribution >= 4 is 77.2 Å². The molecule has 0 saturated heterocycles. The van der Waals surface area contributed by atoms with Crippen molar-refractivity contribution in [1.82, 2.24) is 0 Å². The van der Waals surface area contributed by atoms with Crippen LogP contribution in [0.25, 0.3) is 87.6 Å². The zero-order valence-corrected chi connectivity index (χ0v) is 50.2. The molecule has 2 aliphatic rings. The van der Waals surface area contributed by atoms with Crippen LogP contribution in [-0.4, -0.2) is 0 Å². The van der Waals surface area contributed by atoms with Gasteiger partial charge in [-0.25, -0.2) is 0 Å². The standard InChI is InChI=1S/C83H70N2/c1-52(2)53-28-34-63(35-29-53)85(64-36-32-60(33-37-64)81(3,4)5)66-39-43-70-74(51-66)80(59-31-41-68-72-45-55-21-17-19-23-57(55)47-78(72)83(8,9)76(68)49-59)69-42-38-65(84(61-24-12-10-13-25-61)62-26-14-11-15-27-62)50-73(69)79(70)58-30-40-67-71-44-54-20-16-18-22-56(54)46-77(71)82(6,7)75(67)48-58/h10-52H,1-9H3. The minimum Gasteiger partial charge on any atom is -0.310 e. The summed E-state index contributed by atoms with van der Waals surface area (Å²) in [7, 11) is 0. The maximum Gasteiger partial charge on any atom is 0.0468 e. The zero-order valence-electron chi connectivity index (χ0n) is 50.2. The number of hydrogen-bond donors (Lipinski definition) is 0. The lowest BCUT2D eigenvalue weighted by atomic mass is 9.79. The number of hydrogen-bond acceptors (Lipinski definition) is 2. The van der Waals surface area contributed by atoms with Gasteiger partial charge in [-0.1, -0.05) is 208 Å². The van der Waals surface area contributed by atoms with Crippen LogP contribution in [0.4, 0.5) is 34.1 Å². The number of para-hydroxylation sites is 2. The second-order valence-corrected chi connectivity index (χ2v) is 26.4. The van der Waals surface area contributed by atoms with Crippen molar-refractivity contribution < 1.29 is 0 Å². The molecule has 2 nitrogen and oxygen atoms in total. The smallest absolute Gasteiger partial charge is 0.0468 e. The first-order valence-electron chi connectivity index (χ1n) is 30.4. The van der Waals surface area contributed by atoms with Crippen LogP contribution < -0.4 is 9.80 Å². The average molecular weight is 1100 g/mol. The van der Waals surface area contributed by atoms with Gasteiger partial charge in [-0.2, -0.15) is 0 Å². The Labute approximate surface area is 501 Å². The van der Waals surface area contributed by atoms with E-state index in [1.807, 2.05) is 0 Å². The number of benzene rings is 13. The highest BCUT2D eigenvalue weighted by molar-refractivity contribution is 6.23. The van der Waals surface area contributed by atoms with Gasteiger partial charge in [0, 0.05) is 45.0 Å². The predicted octanol–water partition coefficient (Wildman–Crippen LogP) is 23.6. The maximum atomic E-state index is 2.54. The van der Waals surface area contributed by atoms with Gasteiger partial charge in [0.25, 0.3) is 0 Å². The number of anilines is 6.